The van der Waals surface area contributed by atoms with E-state index in [2.05, 4.69) is 18.1 Å². The average molecular weight is 451 g/mol. The molecule has 2 fully saturated rings. The number of aliphatic hydroxyl groups excluding tert-OH is 1. The minimum atomic E-state index is -0.491. The lowest BCUT2D eigenvalue weighted by Crippen LogP contribution is -2.38. The Kier molecular flexibility index (Phi) is 8.58. The number of carbonyl (C=O) groups excluding carboxylic acids is 1. The third-order valence-electron chi connectivity index (χ3n) is 6.34. The molecule has 1 amide bonds. The van der Waals surface area contributed by atoms with Crippen LogP contribution in [0.5, 0.6) is 0 Å². The number of hydrogen-bond acceptors (Lipinski definition) is 6. The Hall–Kier alpha value is -1.64. The molecule has 0 radical (unpaired) electrons. The zero-order valence-electron chi connectivity index (χ0n) is 20.5. The summed E-state index contributed by atoms with van der Waals surface area (Å²) in [6.45, 7) is 8.53. The van der Waals surface area contributed by atoms with Crippen LogP contribution in [0.1, 0.15) is 89.1 Å². The molecular formula is C24H42N4O4. The summed E-state index contributed by atoms with van der Waals surface area (Å²) >= 11 is 0. The number of amides is 1. The van der Waals surface area contributed by atoms with Crippen LogP contribution in [-0.4, -0.2) is 76.3 Å². The number of likely N-dealkylation sites (N-methyl/N-ethyl adjacent to an activating group) is 2. The summed E-state index contributed by atoms with van der Waals surface area (Å²) in [5, 5.41) is 14.9. The van der Waals surface area contributed by atoms with Crippen molar-refractivity contribution in [3.05, 3.63) is 17.5 Å². The molecule has 3 rings (SSSR count). The SMILES string of the molecule is CN(CCN(C)C(=O)OC(C)(C)C)Cc1cn(C2CCCCO2)nc1C1CCC(O)CC1. The fraction of sp³-hybridized carbons (Fsp3) is 0.833. The molecule has 1 saturated heterocycles. The molecule has 1 aromatic heterocycles. The minimum Gasteiger partial charge on any atom is -0.444 e. The molecule has 1 N–H and O–H groups in total. The number of hydrogen-bond donors (Lipinski definition) is 1. The van der Waals surface area contributed by atoms with E-state index < -0.39 is 5.60 Å². The topological polar surface area (TPSA) is 80.1 Å². The summed E-state index contributed by atoms with van der Waals surface area (Å²) < 4.78 is 13.4. The molecule has 0 bridgehead atoms. The lowest BCUT2D eigenvalue weighted by Gasteiger charge is -2.27. The van der Waals surface area contributed by atoms with Gasteiger partial charge in [-0.2, -0.15) is 5.10 Å². The molecule has 1 unspecified atom stereocenters. The van der Waals surface area contributed by atoms with E-state index in [-0.39, 0.29) is 18.4 Å². The first kappa shape index (κ1) is 25.0. The summed E-state index contributed by atoms with van der Waals surface area (Å²) in [5.74, 6) is 0.385. The Morgan fingerprint density at radius 2 is 1.91 bits per heavy atom. The summed E-state index contributed by atoms with van der Waals surface area (Å²) in [4.78, 5) is 16.1. The molecule has 8 nitrogen and oxygen atoms in total. The molecule has 0 aromatic carbocycles. The number of nitrogens with zero attached hydrogens (tertiary/aromatic N) is 4. The van der Waals surface area contributed by atoms with Gasteiger partial charge in [0.1, 0.15) is 11.8 Å². The van der Waals surface area contributed by atoms with Crippen molar-refractivity contribution in [2.75, 3.05) is 33.8 Å². The van der Waals surface area contributed by atoms with Gasteiger partial charge in [0.2, 0.25) is 0 Å². The van der Waals surface area contributed by atoms with Crippen molar-refractivity contribution < 1.29 is 19.4 Å². The van der Waals surface area contributed by atoms with Crippen LogP contribution in [0.15, 0.2) is 6.20 Å². The number of carbonyl (C=O) groups is 1. The van der Waals surface area contributed by atoms with E-state index in [4.69, 9.17) is 14.6 Å². The fourth-order valence-corrected chi connectivity index (χ4v) is 4.46. The van der Waals surface area contributed by atoms with E-state index in [0.717, 1.165) is 63.9 Å². The van der Waals surface area contributed by atoms with Crippen LogP contribution in [-0.2, 0) is 16.0 Å². The Bertz CT molecular complexity index is 731. The molecule has 0 spiro atoms. The van der Waals surface area contributed by atoms with Gasteiger partial charge in [-0.25, -0.2) is 9.48 Å². The van der Waals surface area contributed by atoms with E-state index in [1.807, 2.05) is 25.5 Å². The van der Waals surface area contributed by atoms with E-state index in [1.165, 1.54) is 12.0 Å². The maximum atomic E-state index is 12.2. The zero-order chi connectivity index (χ0) is 23.3. The van der Waals surface area contributed by atoms with Crippen molar-refractivity contribution in [3.8, 4) is 0 Å². The van der Waals surface area contributed by atoms with Gasteiger partial charge in [-0.3, -0.25) is 0 Å². The monoisotopic (exact) mass is 450 g/mol. The van der Waals surface area contributed by atoms with E-state index in [9.17, 15) is 9.90 Å². The molecule has 1 saturated carbocycles. The highest BCUT2D eigenvalue weighted by atomic mass is 16.6. The summed E-state index contributed by atoms with van der Waals surface area (Å²) in [6.07, 6.45) is 8.62. The second kappa shape index (κ2) is 11.0. The van der Waals surface area contributed by atoms with Gasteiger partial charge in [0.15, 0.2) is 0 Å². The summed E-state index contributed by atoms with van der Waals surface area (Å²) in [5.41, 5.74) is 1.89. The predicted molar refractivity (Wildman–Crippen MR) is 123 cm³/mol. The van der Waals surface area contributed by atoms with Gasteiger partial charge in [0.05, 0.1) is 11.8 Å². The lowest BCUT2D eigenvalue weighted by atomic mass is 9.84. The Morgan fingerprint density at radius 3 is 2.53 bits per heavy atom. The molecule has 2 heterocycles. The Labute approximate surface area is 192 Å². The molecule has 1 aliphatic heterocycles. The van der Waals surface area contributed by atoms with Gasteiger partial charge < -0.3 is 24.4 Å². The second-order valence-electron chi connectivity index (χ2n) is 10.5. The predicted octanol–water partition coefficient (Wildman–Crippen LogP) is 3.90. The molecule has 1 aliphatic carbocycles. The van der Waals surface area contributed by atoms with Crippen molar-refractivity contribution in [3.63, 3.8) is 0 Å². The van der Waals surface area contributed by atoms with E-state index >= 15 is 0 Å². The number of aromatic nitrogens is 2. The maximum Gasteiger partial charge on any atom is 0.410 e. The van der Waals surface area contributed by atoms with E-state index in [1.54, 1.807) is 11.9 Å². The molecule has 32 heavy (non-hydrogen) atoms. The van der Waals surface area contributed by atoms with Crippen molar-refractivity contribution in [1.29, 1.82) is 0 Å². The van der Waals surface area contributed by atoms with Crippen molar-refractivity contribution in [2.24, 2.45) is 0 Å². The minimum absolute atomic E-state index is 0.0223. The van der Waals surface area contributed by atoms with Crippen molar-refractivity contribution in [2.45, 2.75) is 96.1 Å². The van der Waals surface area contributed by atoms with Gasteiger partial charge in [-0.1, -0.05) is 0 Å². The molecule has 182 valence electrons. The average Bonchev–Trinajstić information content (AvgIpc) is 3.15. The number of aliphatic hydroxyl groups is 1. The van der Waals surface area contributed by atoms with Crippen LogP contribution in [0.25, 0.3) is 0 Å². The van der Waals surface area contributed by atoms with Crippen LogP contribution in [0.2, 0.25) is 0 Å². The highest BCUT2D eigenvalue weighted by Crippen LogP contribution is 2.35. The van der Waals surface area contributed by atoms with Crippen molar-refractivity contribution in [1.82, 2.24) is 19.6 Å². The number of rotatable bonds is 7. The standard InChI is InChI=1S/C24H42N4O4/c1-24(2,3)32-23(30)27(5)14-13-26(4)16-19-17-28(21-8-6-7-15-31-21)25-22(19)18-9-11-20(29)12-10-18/h17-18,20-21,29H,6-16H2,1-5H3. The van der Waals surface area contributed by atoms with Gasteiger partial charge in [0, 0.05) is 51.0 Å². The Balaban J connectivity index is 1.64. The Morgan fingerprint density at radius 1 is 1.19 bits per heavy atom. The van der Waals surface area contributed by atoms with Gasteiger partial charge in [-0.05, 0) is 72.8 Å². The second-order valence-corrected chi connectivity index (χ2v) is 10.5. The first-order chi connectivity index (χ1) is 15.1. The molecule has 1 atom stereocenters. The first-order valence-corrected chi connectivity index (χ1v) is 12.1. The highest BCUT2D eigenvalue weighted by Gasteiger charge is 2.28. The van der Waals surface area contributed by atoms with Crippen LogP contribution in [0.4, 0.5) is 4.79 Å². The van der Waals surface area contributed by atoms with Crippen LogP contribution >= 0.6 is 0 Å². The molecule has 8 heteroatoms. The van der Waals surface area contributed by atoms with Gasteiger partial charge in [0.25, 0.3) is 0 Å². The first-order valence-electron chi connectivity index (χ1n) is 12.1. The highest BCUT2D eigenvalue weighted by molar-refractivity contribution is 5.67. The van der Waals surface area contributed by atoms with Crippen LogP contribution in [0, 0.1) is 0 Å². The maximum absolute atomic E-state index is 12.2. The summed E-state index contributed by atoms with van der Waals surface area (Å²) in [7, 11) is 3.85. The summed E-state index contributed by atoms with van der Waals surface area (Å²) in [6, 6.07) is 0. The largest absolute Gasteiger partial charge is 0.444 e. The van der Waals surface area contributed by atoms with Gasteiger partial charge >= 0.3 is 6.09 Å². The lowest BCUT2D eigenvalue weighted by molar-refractivity contribution is -0.0398. The normalized spacial score (nSPS) is 24.5. The van der Waals surface area contributed by atoms with E-state index in [0.29, 0.717) is 12.5 Å². The molecule has 2 aliphatic rings. The number of ether oxygens (including phenoxy) is 2. The van der Waals surface area contributed by atoms with Crippen molar-refractivity contribution >= 4 is 6.09 Å². The zero-order valence-corrected chi connectivity index (χ0v) is 20.5. The quantitative estimate of drug-likeness (QED) is 0.679. The molecule has 1 aromatic rings. The molecular weight excluding hydrogens is 408 g/mol. The fourth-order valence-electron chi connectivity index (χ4n) is 4.46. The third kappa shape index (κ3) is 7.18. The third-order valence-corrected chi connectivity index (χ3v) is 6.34. The van der Waals surface area contributed by atoms with Crippen LogP contribution in [0.3, 0.4) is 0 Å². The van der Waals surface area contributed by atoms with Crippen LogP contribution < -0.4 is 0 Å². The van der Waals surface area contributed by atoms with Gasteiger partial charge in [-0.15, -0.1) is 0 Å². The smallest absolute Gasteiger partial charge is 0.410 e.